The zero-order valence-electron chi connectivity index (χ0n) is 16.1. The fourth-order valence-corrected chi connectivity index (χ4v) is 2.34. The molecule has 0 radical (unpaired) electrons. The van der Waals surface area contributed by atoms with E-state index in [0.29, 0.717) is 29.3 Å². The Bertz CT molecular complexity index is 775. The lowest BCUT2D eigenvalue weighted by atomic mass is 9.87. The van der Waals surface area contributed by atoms with Crippen molar-refractivity contribution in [1.29, 1.82) is 0 Å². The highest BCUT2D eigenvalue weighted by Crippen LogP contribution is 2.23. The molecular formula is C21H27N3O2. The number of hydrogen-bond donors (Lipinski definition) is 2. The Kier molecular flexibility index (Phi) is 6.14. The predicted molar refractivity (Wildman–Crippen MR) is 105 cm³/mol. The van der Waals surface area contributed by atoms with Crippen molar-refractivity contribution in [3.8, 4) is 0 Å². The van der Waals surface area contributed by atoms with Crippen LogP contribution in [0.1, 0.15) is 60.9 Å². The van der Waals surface area contributed by atoms with Crippen molar-refractivity contribution in [2.24, 2.45) is 5.92 Å². The maximum absolute atomic E-state index is 12.5. The molecule has 0 aliphatic heterocycles. The lowest BCUT2D eigenvalue weighted by Crippen LogP contribution is -2.27. The summed E-state index contributed by atoms with van der Waals surface area (Å²) in [4.78, 5) is 28.6. The van der Waals surface area contributed by atoms with E-state index in [4.69, 9.17) is 0 Å². The molecular weight excluding hydrogens is 326 g/mol. The highest BCUT2D eigenvalue weighted by Gasteiger charge is 2.14. The summed E-state index contributed by atoms with van der Waals surface area (Å²) in [5.74, 6) is -0.163. The van der Waals surface area contributed by atoms with Crippen LogP contribution in [0.3, 0.4) is 0 Å². The first-order chi connectivity index (χ1) is 12.2. The van der Waals surface area contributed by atoms with Crippen LogP contribution in [0.5, 0.6) is 0 Å². The molecule has 5 heteroatoms. The second-order valence-electron chi connectivity index (χ2n) is 7.85. The molecule has 1 aromatic heterocycles. The Morgan fingerprint density at radius 1 is 1.00 bits per heavy atom. The Labute approximate surface area is 155 Å². The molecule has 0 fully saturated rings. The van der Waals surface area contributed by atoms with E-state index in [1.54, 1.807) is 6.07 Å². The minimum absolute atomic E-state index is 0.0597. The smallest absolute Gasteiger partial charge is 0.257 e. The first-order valence-corrected chi connectivity index (χ1v) is 8.82. The number of nitrogens with one attached hydrogen (secondary N) is 2. The van der Waals surface area contributed by atoms with Crippen LogP contribution < -0.4 is 10.6 Å². The van der Waals surface area contributed by atoms with Gasteiger partial charge in [0.05, 0.1) is 11.1 Å². The topological polar surface area (TPSA) is 71.1 Å². The molecule has 0 spiro atoms. The zero-order chi connectivity index (χ0) is 19.3. The number of carbonyl (C=O) groups is 2. The largest absolute Gasteiger partial charge is 0.352 e. The Morgan fingerprint density at radius 2 is 1.58 bits per heavy atom. The van der Waals surface area contributed by atoms with E-state index in [9.17, 15) is 9.59 Å². The summed E-state index contributed by atoms with van der Waals surface area (Å²) >= 11 is 0. The number of benzene rings is 1. The monoisotopic (exact) mass is 353 g/mol. The number of carbonyl (C=O) groups excluding carboxylic acids is 2. The van der Waals surface area contributed by atoms with Crippen LogP contribution in [0.4, 0.5) is 5.69 Å². The van der Waals surface area contributed by atoms with Crippen LogP contribution in [0, 0.1) is 5.92 Å². The molecule has 2 aromatic rings. The third-order valence-corrected chi connectivity index (χ3v) is 3.94. The molecule has 0 aliphatic rings. The lowest BCUT2D eigenvalue weighted by Gasteiger charge is -2.19. The van der Waals surface area contributed by atoms with Crippen molar-refractivity contribution < 1.29 is 9.59 Å². The van der Waals surface area contributed by atoms with Gasteiger partial charge in [0.1, 0.15) is 0 Å². The Morgan fingerprint density at radius 3 is 2.12 bits per heavy atom. The van der Waals surface area contributed by atoms with E-state index >= 15 is 0 Å². The minimum Gasteiger partial charge on any atom is -0.352 e. The number of hydrogen-bond acceptors (Lipinski definition) is 3. The summed E-state index contributed by atoms with van der Waals surface area (Å²) < 4.78 is 0. The highest BCUT2D eigenvalue weighted by molar-refractivity contribution is 6.05. The normalized spacial score (nSPS) is 11.3. The molecule has 0 saturated carbocycles. The molecule has 0 unspecified atom stereocenters. The standard InChI is InChI=1S/C21H27N3O2/c1-14(2)11-23-19(25)15-10-16(13-22-12-15)20(26)24-18-8-6-17(7-9-18)21(3,4)5/h6-10,12-14H,11H2,1-5H3,(H,23,25)(H,24,26). The molecule has 5 nitrogen and oxygen atoms in total. The molecule has 26 heavy (non-hydrogen) atoms. The highest BCUT2D eigenvalue weighted by atomic mass is 16.2. The van der Waals surface area contributed by atoms with Crippen molar-refractivity contribution in [2.45, 2.75) is 40.0 Å². The van der Waals surface area contributed by atoms with E-state index in [1.165, 1.54) is 18.0 Å². The summed E-state index contributed by atoms with van der Waals surface area (Å²) in [6.07, 6.45) is 2.92. The molecule has 0 aliphatic carbocycles. The number of amides is 2. The van der Waals surface area contributed by atoms with Gasteiger partial charge in [-0.15, -0.1) is 0 Å². The second-order valence-corrected chi connectivity index (χ2v) is 7.85. The number of aromatic nitrogens is 1. The van der Waals surface area contributed by atoms with Crippen molar-refractivity contribution in [3.05, 3.63) is 59.4 Å². The van der Waals surface area contributed by atoms with Gasteiger partial charge in [0, 0.05) is 24.6 Å². The average molecular weight is 353 g/mol. The quantitative estimate of drug-likeness (QED) is 0.853. The van der Waals surface area contributed by atoms with E-state index in [-0.39, 0.29) is 17.2 Å². The average Bonchev–Trinajstić information content (AvgIpc) is 2.59. The van der Waals surface area contributed by atoms with Crippen LogP contribution in [0.2, 0.25) is 0 Å². The first kappa shape index (κ1) is 19.6. The maximum atomic E-state index is 12.5. The van der Waals surface area contributed by atoms with Gasteiger partial charge in [0.2, 0.25) is 0 Å². The fourth-order valence-electron chi connectivity index (χ4n) is 2.34. The van der Waals surface area contributed by atoms with E-state index in [1.807, 2.05) is 38.1 Å². The summed E-state index contributed by atoms with van der Waals surface area (Å²) in [6.45, 7) is 11.0. The van der Waals surface area contributed by atoms with Crippen LogP contribution in [-0.4, -0.2) is 23.3 Å². The van der Waals surface area contributed by atoms with Crippen molar-refractivity contribution in [1.82, 2.24) is 10.3 Å². The van der Waals surface area contributed by atoms with Crippen LogP contribution >= 0.6 is 0 Å². The summed E-state index contributed by atoms with van der Waals surface area (Å²) in [5.41, 5.74) is 2.69. The van der Waals surface area contributed by atoms with Gasteiger partial charge < -0.3 is 10.6 Å². The molecule has 0 atom stereocenters. The van der Waals surface area contributed by atoms with Gasteiger partial charge in [-0.25, -0.2) is 0 Å². The zero-order valence-corrected chi connectivity index (χ0v) is 16.1. The van der Waals surface area contributed by atoms with Gasteiger partial charge in [-0.2, -0.15) is 0 Å². The second kappa shape index (κ2) is 8.13. The van der Waals surface area contributed by atoms with Gasteiger partial charge in [0.15, 0.2) is 0 Å². The van der Waals surface area contributed by atoms with Crippen molar-refractivity contribution in [3.63, 3.8) is 0 Å². The molecule has 138 valence electrons. The number of pyridine rings is 1. The summed E-state index contributed by atoms with van der Waals surface area (Å²) in [6, 6.07) is 9.32. The fraction of sp³-hybridized carbons (Fsp3) is 0.381. The predicted octanol–water partition coefficient (Wildman–Crippen LogP) is 4.02. The lowest BCUT2D eigenvalue weighted by molar-refractivity contribution is 0.0948. The SMILES string of the molecule is CC(C)CNC(=O)c1cncc(C(=O)Nc2ccc(C(C)(C)C)cc2)c1. The minimum atomic E-state index is -0.292. The summed E-state index contributed by atoms with van der Waals surface area (Å²) in [5, 5.41) is 5.67. The molecule has 2 rings (SSSR count). The Balaban J connectivity index is 2.08. The van der Waals surface area contributed by atoms with Gasteiger partial charge in [-0.05, 0) is 35.1 Å². The van der Waals surface area contributed by atoms with E-state index < -0.39 is 0 Å². The third kappa shape index (κ3) is 5.41. The van der Waals surface area contributed by atoms with Crippen molar-refractivity contribution in [2.75, 3.05) is 11.9 Å². The molecule has 1 aromatic carbocycles. The van der Waals surface area contributed by atoms with E-state index in [0.717, 1.165) is 0 Å². The molecule has 2 N–H and O–H groups in total. The van der Waals surface area contributed by atoms with Gasteiger partial charge in [0.25, 0.3) is 11.8 Å². The first-order valence-electron chi connectivity index (χ1n) is 8.82. The number of anilines is 1. The Hall–Kier alpha value is -2.69. The van der Waals surface area contributed by atoms with Gasteiger partial charge in [-0.1, -0.05) is 46.8 Å². The van der Waals surface area contributed by atoms with E-state index in [2.05, 4.69) is 36.4 Å². The number of rotatable bonds is 5. The van der Waals surface area contributed by atoms with Crippen LogP contribution in [0.25, 0.3) is 0 Å². The number of nitrogens with zero attached hydrogens (tertiary/aromatic N) is 1. The maximum Gasteiger partial charge on any atom is 0.257 e. The van der Waals surface area contributed by atoms with Crippen molar-refractivity contribution >= 4 is 17.5 Å². The third-order valence-electron chi connectivity index (χ3n) is 3.94. The van der Waals surface area contributed by atoms with Crippen LogP contribution in [-0.2, 0) is 5.41 Å². The molecule has 1 heterocycles. The molecule has 0 bridgehead atoms. The van der Waals surface area contributed by atoms with Crippen LogP contribution in [0.15, 0.2) is 42.7 Å². The summed E-state index contributed by atoms with van der Waals surface area (Å²) in [7, 11) is 0. The van der Waals surface area contributed by atoms with Gasteiger partial charge in [-0.3, -0.25) is 14.6 Å². The molecule has 0 saturated heterocycles. The van der Waals surface area contributed by atoms with Gasteiger partial charge >= 0.3 is 0 Å². The molecule has 2 amide bonds.